The Morgan fingerprint density at radius 2 is 2.14 bits per heavy atom. The molecule has 1 aromatic rings. The van der Waals surface area contributed by atoms with Crippen molar-refractivity contribution < 1.29 is 9.13 Å². The van der Waals surface area contributed by atoms with Gasteiger partial charge in [0, 0.05) is 11.3 Å². The van der Waals surface area contributed by atoms with E-state index in [1.807, 2.05) is 0 Å². The molecule has 0 unspecified atom stereocenters. The van der Waals surface area contributed by atoms with Crippen LogP contribution in [-0.4, -0.2) is 12.4 Å². The van der Waals surface area contributed by atoms with Crippen LogP contribution in [0, 0.1) is 5.82 Å². The Balaban J connectivity index is 2.39. The third-order valence-corrected chi connectivity index (χ3v) is 2.19. The topological polar surface area (TPSA) is 9.23 Å². The van der Waals surface area contributed by atoms with Crippen LogP contribution in [-0.2, 0) is 11.3 Å². The first-order valence-corrected chi connectivity index (χ1v) is 4.96. The Labute approximate surface area is 89.0 Å². The number of hydrogen-bond acceptors (Lipinski definition) is 2. The maximum Gasteiger partial charge on any atom is 0.128 e. The fourth-order valence-corrected chi connectivity index (χ4v) is 1.06. The van der Waals surface area contributed by atoms with Gasteiger partial charge < -0.3 is 4.74 Å². The normalized spacial score (nSPS) is 10.1. The molecule has 0 aliphatic heterocycles. The SMILES string of the molecule is C=C(CS)COCc1ccccc1F. The molecule has 14 heavy (non-hydrogen) atoms. The van der Waals surface area contributed by atoms with Crippen LogP contribution in [0.1, 0.15) is 5.56 Å². The summed E-state index contributed by atoms with van der Waals surface area (Å²) in [5.74, 6) is 0.362. The molecule has 0 atom stereocenters. The molecule has 0 fully saturated rings. The fraction of sp³-hybridized carbons (Fsp3) is 0.273. The van der Waals surface area contributed by atoms with E-state index in [0.29, 0.717) is 17.9 Å². The van der Waals surface area contributed by atoms with Crippen LogP contribution in [0.5, 0.6) is 0 Å². The highest BCUT2D eigenvalue weighted by Gasteiger charge is 2.00. The number of halogens is 1. The van der Waals surface area contributed by atoms with Crippen LogP contribution < -0.4 is 0 Å². The summed E-state index contributed by atoms with van der Waals surface area (Å²) in [6.07, 6.45) is 0. The van der Waals surface area contributed by atoms with E-state index in [4.69, 9.17) is 4.74 Å². The van der Waals surface area contributed by atoms with Crippen molar-refractivity contribution in [3.8, 4) is 0 Å². The molecule has 1 rings (SSSR count). The summed E-state index contributed by atoms with van der Waals surface area (Å²) >= 11 is 4.04. The van der Waals surface area contributed by atoms with Crippen molar-refractivity contribution in [3.63, 3.8) is 0 Å². The van der Waals surface area contributed by atoms with Gasteiger partial charge in [-0.25, -0.2) is 4.39 Å². The van der Waals surface area contributed by atoms with E-state index in [1.54, 1.807) is 18.2 Å². The van der Waals surface area contributed by atoms with E-state index in [9.17, 15) is 4.39 Å². The molecule has 0 aromatic heterocycles. The van der Waals surface area contributed by atoms with Crippen LogP contribution in [0.2, 0.25) is 0 Å². The van der Waals surface area contributed by atoms with Gasteiger partial charge in [-0.1, -0.05) is 24.8 Å². The minimum atomic E-state index is -0.232. The van der Waals surface area contributed by atoms with Crippen molar-refractivity contribution in [1.29, 1.82) is 0 Å². The molecule has 76 valence electrons. The molecule has 0 aliphatic carbocycles. The Morgan fingerprint density at radius 1 is 1.43 bits per heavy atom. The lowest BCUT2D eigenvalue weighted by atomic mass is 10.2. The molecular weight excluding hydrogens is 199 g/mol. The van der Waals surface area contributed by atoms with Crippen molar-refractivity contribution in [2.75, 3.05) is 12.4 Å². The lowest BCUT2D eigenvalue weighted by Gasteiger charge is -2.05. The minimum absolute atomic E-state index is 0.232. The second kappa shape index (κ2) is 5.83. The van der Waals surface area contributed by atoms with E-state index in [1.165, 1.54) is 6.07 Å². The Kier molecular flexibility index (Phi) is 4.70. The highest BCUT2D eigenvalue weighted by atomic mass is 32.1. The minimum Gasteiger partial charge on any atom is -0.372 e. The molecule has 0 bridgehead atoms. The largest absolute Gasteiger partial charge is 0.372 e. The summed E-state index contributed by atoms with van der Waals surface area (Å²) in [5, 5.41) is 0. The first kappa shape index (κ1) is 11.3. The zero-order valence-electron chi connectivity index (χ0n) is 7.87. The van der Waals surface area contributed by atoms with Gasteiger partial charge in [0.15, 0.2) is 0 Å². The summed E-state index contributed by atoms with van der Waals surface area (Å²) in [6.45, 7) is 4.44. The maximum absolute atomic E-state index is 13.1. The van der Waals surface area contributed by atoms with Gasteiger partial charge in [0.25, 0.3) is 0 Å². The van der Waals surface area contributed by atoms with Crippen LogP contribution in [0.4, 0.5) is 4.39 Å². The molecule has 0 radical (unpaired) electrons. The van der Waals surface area contributed by atoms with Crippen molar-refractivity contribution >= 4 is 12.6 Å². The molecule has 0 heterocycles. The second-order valence-electron chi connectivity index (χ2n) is 2.99. The molecule has 0 saturated carbocycles. The quantitative estimate of drug-likeness (QED) is 0.583. The highest BCUT2D eigenvalue weighted by Crippen LogP contribution is 2.08. The smallest absolute Gasteiger partial charge is 0.128 e. The van der Waals surface area contributed by atoms with Crippen LogP contribution in [0.15, 0.2) is 36.4 Å². The summed E-state index contributed by atoms with van der Waals surface area (Å²) in [4.78, 5) is 0. The standard InChI is InChI=1S/C11H13FOS/c1-9(8-14)6-13-7-10-4-2-3-5-11(10)12/h2-5,14H,1,6-8H2. The molecule has 0 N–H and O–H groups in total. The molecule has 0 amide bonds. The van der Waals surface area contributed by atoms with Gasteiger partial charge in [-0.3, -0.25) is 0 Å². The second-order valence-corrected chi connectivity index (χ2v) is 3.31. The van der Waals surface area contributed by atoms with Crippen molar-refractivity contribution in [2.24, 2.45) is 0 Å². The van der Waals surface area contributed by atoms with Gasteiger partial charge in [0.05, 0.1) is 13.2 Å². The molecule has 1 nitrogen and oxygen atoms in total. The van der Waals surface area contributed by atoms with E-state index in [0.717, 1.165) is 5.57 Å². The van der Waals surface area contributed by atoms with Gasteiger partial charge in [0.1, 0.15) is 5.82 Å². The van der Waals surface area contributed by atoms with Crippen LogP contribution in [0.3, 0.4) is 0 Å². The summed E-state index contributed by atoms with van der Waals surface area (Å²) in [5.41, 5.74) is 1.46. The van der Waals surface area contributed by atoms with Crippen molar-refractivity contribution in [3.05, 3.63) is 47.8 Å². The predicted octanol–water partition coefficient (Wildman–Crippen LogP) is 2.83. The summed E-state index contributed by atoms with van der Waals surface area (Å²) in [6, 6.07) is 6.58. The zero-order chi connectivity index (χ0) is 10.4. The van der Waals surface area contributed by atoms with E-state index < -0.39 is 0 Å². The zero-order valence-corrected chi connectivity index (χ0v) is 8.77. The number of benzene rings is 1. The van der Waals surface area contributed by atoms with Crippen LogP contribution >= 0.6 is 12.6 Å². The highest BCUT2D eigenvalue weighted by molar-refractivity contribution is 7.80. The molecular formula is C11H13FOS. The monoisotopic (exact) mass is 212 g/mol. The number of hydrogen-bond donors (Lipinski definition) is 1. The Hall–Kier alpha value is -0.800. The van der Waals surface area contributed by atoms with Gasteiger partial charge in [-0.2, -0.15) is 12.6 Å². The van der Waals surface area contributed by atoms with Crippen LogP contribution in [0.25, 0.3) is 0 Å². The average molecular weight is 212 g/mol. The molecule has 1 aromatic carbocycles. The first-order valence-electron chi connectivity index (χ1n) is 4.32. The molecule has 0 aliphatic rings. The Bertz CT molecular complexity index is 312. The fourth-order valence-electron chi connectivity index (χ4n) is 0.966. The van der Waals surface area contributed by atoms with Gasteiger partial charge in [-0.05, 0) is 11.6 Å². The number of ether oxygens (including phenoxy) is 1. The van der Waals surface area contributed by atoms with Gasteiger partial charge in [-0.15, -0.1) is 0 Å². The first-order chi connectivity index (χ1) is 6.74. The van der Waals surface area contributed by atoms with Crippen molar-refractivity contribution in [1.82, 2.24) is 0 Å². The molecule has 0 saturated heterocycles. The summed E-state index contributed by atoms with van der Waals surface area (Å²) in [7, 11) is 0. The maximum atomic E-state index is 13.1. The summed E-state index contributed by atoms with van der Waals surface area (Å²) < 4.78 is 18.3. The van der Waals surface area contributed by atoms with E-state index >= 15 is 0 Å². The Morgan fingerprint density at radius 3 is 2.79 bits per heavy atom. The van der Waals surface area contributed by atoms with Gasteiger partial charge in [0.2, 0.25) is 0 Å². The molecule has 0 spiro atoms. The van der Waals surface area contributed by atoms with E-state index in [2.05, 4.69) is 19.2 Å². The van der Waals surface area contributed by atoms with E-state index in [-0.39, 0.29) is 12.4 Å². The molecule has 3 heteroatoms. The van der Waals surface area contributed by atoms with Crippen molar-refractivity contribution in [2.45, 2.75) is 6.61 Å². The average Bonchev–Trinajstić information content (AvgIpc) is 2.20. The number of thiol groups is 1. The number of rotatable bonds is 5. The predicted molar refractivity (Wildman–Crippen MR) is 59.0 cm³/mol. The lowest BCUT2D eigenvalue weighted by molar-refractivity contribution is 0.140. The van der Waals surface area contributed by atoms with Gasteiger partial charge >= 0.3 is 0 Å². The third kappa shape index (κ3) is 3.52. The lowest BCUT2D eigenvalue weighted by Crippen LogP contribution is -2.00. The third-order valence-electron chi connectivity index (χ3n) is 1.75.